The molecular weight excluding hydrogens is 416 g/mol. The zero-order valence-electron chi connectivity index (χ0n) is 19.1. The van der Waals surface area contributed by atoms with Crippen molar-refractivity contribution in [1.82, 2.24) is 0 Å². The van der Waals surface area contributed by atoms with E-state index in [9.17, 15) is 29.4 Å². The van der Waals surface area contributed by atoms with Crippen molar-refractivity contribution in [3.8, 4) is 0 Å². The lowest BCUT2D eigenvalue weighted by atomic mass is 9.39. The van der Waals surface area contributed by atoms with Crippen LogP contribution < -0.4 is 0 Å². The predicted molar refractivity (Wildman–Crippen MR) is 111 cm³/mol. The van der Waals surface area contributed by atoms with Crippen LogP contribution >= 0.6 is 0 Å². The van der Waals surface area contributed by atoms with Crippen molar-refractivity contribution < 1.29 is 38.9 Å². The maximum Gasteiger partial charge on any atom is 0.302 e. The first-order valence-electron chi connectivity index (χ1n) is 11.2. The molecule has 4 aliphatic rings. The van der Waals surface area contributed by atoms with E-state index in [1.807, 2.05) is 13.8 Å². The predicted octanol–water partition coefficient (Wildman–Crippen LogP) is 1.36. The number of carbonyl (C=O) groups excluding carboxylic acids is 4. The van der Waals surface area contributed by atoms with Gasteiger partial charge in [-0.2, -0.15) is 0 Å². The Balaban J connectivity index is 1.83. The van der Waals surface area contributed by atoms with E-state index in [4.69, 9.17) is 9.47 Å². The molecule has 8 heteroatoms. The molecule has 4 saturated carbocycles. The summed E-state index contributed by atoms with van der Waals surface area (Å²) >= 11 is 0. The number of ether oxygens (including phenoxy) is 2. The van der Waals surface area contributed by atoms with Gasteiger partial charge in [0.1, 0.15) is 18.5 Å². The summed E-state index contributed by atoms with van der Waals surface area (Å²) in [4.78, 5) is 49.9. The van der Waals surface area contributed by atoms with E-state index in [1.54, 1.807) is 0 Å². The van der Waals surface area contributed by atoms with Gasteiger partial charge >= 0.3 is 11.9 Å². The van der Waals surface area contributed by atoms with Crippen molar-refractivity contribution in [2.75, 3.05) is 6.61 Å². The number of fused-ring (bicyclic) bond motifs is 3. The molecule has 0 amide bonds. The fraction of sp³-hybridized carbons (Fsp3) is 0.750. The molecule has 1 spiro atoms. The Hall–Kier alpha value is -2.06. The molecule has 0 aliphatic heterocycles. The van der Waals surface area contributed by atoms with Crippen LogP contribution in [-0.4, -0.2) is 58.6 Å². The van der Waals surface area contributed by atoms with Crippen LogP contribution in [0.5, 0.6) is 0 Å². The summed E-state index contributed by atoms with van der Waals surface area (Å²) in [6, 6.07) is 0. The molecule has 8 nitrogen and oxygen atoms in total. The second kappa shape index (κ2) is 7.22. The fourth-order valence-corrected chi connectivity index (χ4v) is 7.75. The van der Waals surface area contributed by atoms with E-state index in [1.165, 1.54) is 13.8 Å². The lowest BCUT2D eigenvalue weighted by Crippen LogP contribution is -2.70. The van der Waals surface area contributed by atoms with Crippen molar-refractivity contribution in [1.29, 1.82) is 0 Å². The minimum atomic E-state index is -1.46. The van der Waals surface area contributed by atoms with Crippen molar-refractivity contribution in [3.63, 3.8) is 0 Å². The maximum atomic E-state index is 13.4. The molecule has 0 saturated heterocycles. The van der Waals surface area contributed by atoms with Crippen LogP contribution in [0.15, 0.2) is 12.2 Å². The molecule has 9 unspecified atom stereocenters. The average molecular weight is 449 g/mol. The van der Waals surface area contributed by atoms with E-state index in [2.05, 4.69) is 6.58 Å². The van der Waals surface area contributed by atoms with Gasteiger partial charge in [0.25, 0.3) is 0 Å². The van der Waals surface area contributed by atoms with Crippen molar-refractivity contribution >= 4 is 23.5 Å². The zero-order chi connectivity index (χ0) is 23.8. The van der Waals surface area contributed by atoms with Crippen molar-refractivity contribution in [2.45, 2.75) is 71.7 Å². The normalized spacial score (nSPS) is 47.5. The molecule has 32 heavy (non-hydrogen) atoms. The Morgan fingerprint density at radius 1 is 1.12 bits per heavy atom. The third kappa shape index (κ3) is 2.75. The lowest BCUT2D eigenvalue weighted by molar-refractivity contribution is -0.247. The van der Waals surface area contributed by atoms with Crippen LogP contribution in [0, 0.1) is 34.0 Å². The maximum absolute atomic E-state index is 13.4. The number of hydrogen-bond acceptors (Lipinski definition) is 8. The molecule has 9 atom stereocenters. The van der Waals surface area contributed by atoms with Crippen LogP contribution in [0.25, 0.3) is 0 Å². The monoisotopic (exact) mass is 448 g/mol. The summed E-state index contributed by atoms with van der Waals surface area (Å²) in [7, 11) is 0. The number of hydrogen-bond donors (Lipinski definition) is 2. The quantitative estimate of drug-likeness (QED) is 0.489. The van der Waals surface area contributed by atoms with Gasteiger partial charge in [-0.05, 0) is 36.5 Å². The number of aliphatic hydroxyl groups excluding tert-OH is 2. The van der Waals surface area contributed by atoms with Gasteiger partial charge < -0.3 is 19.7 Å². The molecule has 2 N–H and O–H groups in total. The third-order valence-corrected chi connectivity index (χ3v) is 9.17. The second-order valence-corrected chi connectivity index (χ2v) is 10.7. The number of esters is 2. The molecule has 0 radical (unpaired) electrons. The largest absolute Gasteiger partial charge is 0.465 e. The summed E-state index contributed by atoms with van der Waals surface area (Å²) in [5.74, 6) is -3.44. The van der Waals surface area contributed by atoms with Crippen LogP contribution in [0.3, 0.4) is 0 Å². The van der Waals surface area contributed by atoms with Crippen LogP contribution in [0.2, 0.25) is 0 Å². The summed E-state index contributed by atoms with van der Waals surface area (Å²) in [5.41, 5.74) is -2.84. The van der Waals surface area contributed by atoms with E-state index < -0.39 is 64.1 Å². The highest BCUT2D eigenvalue weighted by atomic mass is 16.6. The van der Waals surface area contributed by atoms with Gasteiger partial charge in [0.05, 0.1) is 23.5 Å². The van der Waals surface area contributed by atoms with E-state index in [-0.39, 0.29) is 36.7 Å². The van der Waals surface area contributed by atoms with Crippen LogP contribution in [-0.2, 0) is 28.7 Å². The molecular formula is C24H32O8. The van der Waals surface area contributed by atoms with Crippen LogP contribution in [0.4, 0.5) is 0 Å². The molecule has 0 aromatic carbocycles. The highest BCUT2D eigenvalue weighted by Gasteiger charge is 2.76. The Kier molecular flexibility index (Phi) is 5.21. The second-order valence-electron chi connectivity index (χ2n) is 10.7. The molecule has 0 aromatic heterocycles. The van der Waals surface area contributed by atoms with E-state index in [0.29, 0.717) is 12.8 Å². The summed E-state index contributed by atoms with van der Waals surface area (Å²) in [5, 5.41) is 22.6. The van der Waals surface area contributed by atoms with Crippen molar-refractivity contribution in [3.05, 3.63) is 12.2 Å². The van der Waals surface area contributed by atoms with E-state index in [0.717, 1.165) is 0 Å². The zero-order valence-corrected chi connectivity index (χ0v) is 19.1. The summed E-state index contributed by atoms with van der Waals surface area (Å²) in [6.07, 6.45) is -1.84. The molecule has 4 rings (SSSR count). The first-order chi connectivity index (χ1) is 14.8. The SMILES string of the molecule is C=C1C(=O)C23C(O)CC4C(C)(COC(C)=O)C(OC(C)=O)CCC4(C)C2CC(=O)C1C3O. The molecule has 0 aromatic rings. The Labute approximate surface area is 187 Å². The van der Waals surface area contributed by atoms with Gasteiger partial charge in [0.2, 0.25) is 0 Å². The number of rotatable bonds is 3. The summed E-state index contributed by atoms with van der Waals surface area (Å²) in [6.45, 7) is 10.3. The van der Waals surface area contributed by atoms with Gasteiger partial charge in [-0.25, -0.2) is 0 Å². The molecule has 4 fully saturated rings. The molecule has 0 heterocycles. The van der Waals surface area contributed by atoms with Crippen molar-refractivity contribution in [2.24, 2.45) is 34.0 Å². The number of aliphatic hydroxyl groups is 2. The highest BCUT2D eigenvalue weighted by molar-refractivity contribution is 6.12. The molecule has 4 aliphatic carbocycles. The number of Topliss-reactive ketones (excluding diaryl/α,β-unsaturated/α-hetero) is 2. The van der Waals surface area contributed by atoms with Crippen LogP contribution in [0.1, 0.15) is 53.4 Å². The van der Waals surface area contributed by atoms with Gasteiger partial charge in [-0.3, -0.25) is 19.2 Å². The topological polar surface area (TPSA) is 127 Å². The van der Waals surface area contributed by atoms with Gasteiger partial charge in [-0.15, -0.1) is 0 Å². The van der Waals surface area contributed by atoms with Gasteiger partial charge in [0.15, 0.2) is 5.78 Å². The summed E-state index contributed by atoms with van der Waals surface area (Å²) < 4.78 is 11.0. The third-order valence-electron chi connectivity index (χ3n) is 9.17. The van der Waals surface area contributed by atoms with E-state index >= 15 is 0 Å². The minimum absolute atomic E-state index is 0.0211. The average Bonchev–Trinajstić information content (AvgIpc) is 2.83. The Morgan fingerprint density at radius 3 is 2.38 bits per heavy atom. The van der Waals surface area contributed by atoms with Gasteiger partial charge in [-0.1, -0.05) is 20.4 Å². The Bertz CT molecular complexity index is 910. The number of carbonyl (C=O) groups is 4. The first kappa shape index (κ1) is 23.1. The molecule has 2 bridgehead atoms. The van der Waals surface area contributed by atoms with Gasteiger partial charge in [0, 0.05) is 31.3 Å². The minimum Gasteiger partial charge on any atom is -0.465 e. The standard InChI is InChI=1S/C24H32O8/c1-11-19-14(27)8-16-22(4)7-6-18(32-13(3)26)23(5,10-31-12(2)25)15(22)9-17(28)24(16,20(11)29)21(19)30/h15-19,21,28,30H,1,6-10H2,2-5H3. The smallest absolute Gasteiger partial charge is 0.302 e. The highest BCUT2D eigenvalue weighted by Crippen LogP contribution is 2.70. The molecule has 176 valence electrons. The lowest BCUT2D eigenvalue weighted by Gasteiger charge is -2.66. The number of ketones is 2. The fourth-order valence-electron chi connectivity index (χ4n) is 7.75. The first-order valence-corrected chi connectivity index (χ1v) is 11.2. The Morgan fingerprint density at radius 2 is 1.78 bits per heavy atom.